The smallest absolute Gasteiger partial charge is 0.282 e. The van der Waals surface area contributed by atoms with Crippen LogP contribution in [0.5, 0.6) is 0 Å². The van der Waals surface area contributed by atoms with Gasteiger partial charge in [0.25, 0.3) is 11.8 Å². The van der Waals surface area contributed by atoms with E-state index in [2.05, 4.69) is 5.32 Å². The standard InChI is InChI=1S/C23H14Cl2F2N2O2/c1-12-16(25)3-2-4-19(12)29-22(30)20(13-5-7-14(24)8-6-13)21(23(29)31)28-15-9-10-17(26)18(27)11-15/h2-11,28H,1H3. The SMILES string of the molecule is Cc1c(Cl)cccc1N1C(=O)C(Nc2ccc(F)c(F)c2)=C(c2ccc(Cl)cc2)C1=O. The number of anilines is 2. The van der Waals surface area contributed by atoms with E-state index in [1.807, 2.05) is 0 Å². The van der Waals surface area contributed by atoms with Crippen molar-refractivity contribution < 1.29 is 18.4 Å². The fourth-order valence-corrected chi connectivity index (χ4v) is 3.60. The van der Waals surface area contributed by atoms with Gasteiger partial charge in [0.2, 0.25) is 0 Å². The second-order valence-electron chi connectivity index (χ2n) is 6.84. The summed E-state index contributed by atoms with van der Waals surface area (Å²) in [7, 11) is 0. The maximum absolute atomic E-state index is 13.7. The van der Waals surface area contributed by atoms with Crippen LogP contribution in [0.4, 0.5) is 20.2 Å². The van der Waals surface area contributed by atoms with Gasteiger partial charge in [0.05, 0.1) is 11.3 Å². The number of carbonyl (C=O) groups excluding carboxylic acids is 2. The molecule has 0 spiro atoms. The van der Waals surface area contributed by atoms with Crippen LogP contribution in [0.3, 0.4) is 0 Å². The Hall–Kier alpha value is -3.22. The van der Waals surface area contributed by atoms with Crippen molar-refractivity contribution in [1.82, 2.24) is 0 Å². The van der Waals surface area contributed by atoms with Gasteiger partial charge in [-0.15, -0.1) is 0 Å². The highest BCUT2D eigenvalue weighted by Crippen LogP contribution is 2.37. The molecule has 31 heavy (non-hydrogen) atoms. The average molecular weight is 459 g/mol. The molecule has 0 aromatic heterocycles. The van der Waals surface area contributed by atoms with Gasteiger partial charge in [-0.1, -0.05) is 41.4 Å². The molecular weight excluding hydrogens is 445 g/mol. The number of hydrogen-bond acceptors (Lipinski definition) is 3. The molecule has 2 amide bonds. The van der Waals surface area contributed by atoms with Crippen LogP contribution in [0.15, 0.2) is 66.4 Å². The van der Waals surface area contributed by atoms with Crippen molar-refractivity contribution >= 4 is 52.0 Å². The van der Waals surface area contributed by atoms with Gasteiger partial charge in [0.1, 0.15) is 5.70 Å². The summed E-state index contributed by atoms with van der Waals surface area (Å²) < 4.78 is 27.0. The quantitative estimate of drug-likeness (QED) is 0.489. The predicted molar refractivity (Wildman–Crippen MR) is 117 cm³/mol. The van der Waals surface area contributed by atoms with Crippen LogP contribution in [0.1, 0.15) is 11.1 Å². The van der Waals surface area contributed by atoms with Crippen molar-refractivity contribution in [3.8, 4) is 0 Å². The first-order valence-corrected chi connectivity index (χ1v) is 9.89. The summed E-state index contributed by atoms with van der Waals surface area (Å²) in [5.74, 6) is -3.34. The third-order valence-corrected chi connectivity index (χ3v) is 5.55. The lowest BCUT2D eigenvalue weighted by Crippen LogP contribution is -2.33. The van der Waals surface area contributed by atoms with Gasteiger partial charge in [0, 0.05) is 21.8 Å². The summed E-state index contributed by atoms with van der Waals surface area (Å²) in [5.41, 5.74) is 1.44. The molecule has 3 aromatic carbocycles. The van der Waals surface area contributed by atoms with Gasteiger partial charge in [-0.05, 0) is 54.4 Å². The second-order valence-corrected chi connectivity index (χ2v) is 7.68. The van der Waals surface area contributed by atoms with Crippen molar-refractivity contribution in [3.63, 3.8) is 0 Å². The molecule has 4 nitrogen and oxygen atoms in total. The predicted octanol–water partition coefficient (Wildman–Crippen LogP) is 5.98. The number of rotatable bonds is 4. The van der Waals surface area contributed by atoms with Gasteiger partial charge in [-0.2, -0.15) is 0 Å². The summed E-state index contributed by atoms with van der Waals surface area (Å²) >= 11 is 12.1. The first-order valence-electron chi connectivity index (χ1n) is 9.14. The lowest BCUT2D eigenvalue weighted by Gasteiger charge is -2.18. The first-order chi connectivity index (χ1) is 14.8. The van der Waals surface area contributed by atoms with Crippen LogP contribution in [0, 0.1) is 18.6 Å². The highest BCUT2D eigenvalue weighted by Gasteiger charge is 2.41. The number of carbonyl (C=O) groups is 2. The van der Waals surface area contributed by atoms with Crippen LogP contribution in [-0.2, 0) is 9.59 Å². The fourth-order valence-electron chi connectivity index (χ4n) is 3.31. The van der Waals surface area contributed by atoms with Crippen molar-refractivity contribution in [2.24, 2.45) is 0 Å². The van der Waals surface area contributed by atoms with Crippen LogP contribution >= 0.6 is 23.2 Å². The van der Waals surface area contributed by atoms with Gasteiger partial charge in [-0.3, -0.25) is 9.59 Å². The van der Waals surface area contributed by atoms with Gasteiger partial charge in [-0.25, -0.2) is 13.7 Å². The van der Waals surface area contributed by atoms with Crippen molar-refractivity contribution in [1.29, 1.82) is 0 Å². The molecule has 1 N–H and O–H groups in total. The minimum absolute atomic E-state index is 0.0716. The molecule has 0 bridgehead atoms. The number of nitrogens with one attached hydrogen (secondary N) is 1. The molecule has 4 rings (SSSR count). The molecular formula is C23H14Cl2F2N2O2. The topological polar surface area (TPSA) is 49.4 Å². The summed E-state index contributed by atoms with van der Waals surface area (Å²) in [5, 5.41) is 3.63. The number of imide groups is 1. The second kappa shape index (κ2) is 8.13. The molecule has 0 saturated carbocycles. The van der Waals surface area contributed by atoms with Crippen LogP contribution in [-0.4, -0.2) is 11.8 Å². The molecule has 0 radical (unpaired) electrons. The average Bonchev–Trinajstić information content (AvgIpc) is 2.97. The zero-order chi connectivity index (χ0) is 22.3. The number of halogens is 4. The highest BCUT2D eigenvalue weighted by molar-refractivity contribution is 6.46. The molecule has 1 aliphatic heterocycles. The Kier molecular flexibility index (Phi) is 5.52. The molecule has 0 aliphatic carbocycles. The van der Waals surface area contributed by atoms with E-state index in [1.165, 1.54) is 6.07 Å². The summed E-state index contributed by atoms with van der Waals surface area (Å²) in [4.78, 5) is 27.7. The van der Waals surface area contributed by atoms with Crippen LogP contribution in [0.25, 0.3) is 5.57 Å². The minimum atomic E-state index is -1.09. The van der Waals surface area contributed by atoms with E-state index in [9.17, 15) is 18.4 Å². The van der Waals surface area contributed by atoms with Crippen molar-refractivity contribution in [2.75, 3.05) is 10.2 Å². The van der Waals surface area contributed by atoms with Crippen molar-refractivity contribution in [2.45, 2.75) is 6.92 Å². The van der Waals surface area contributed by atoms with E-state index in [-0.39, 0.29) is 17.0 Å². The maximum Gasteiger partial charge on any atom is 0.282 e. The van der Waals surface area contributed by atoms with Gasteiger partial charge >= 0.3 is 0 Å². The molecule has 0 fully saturated rings. The van der Waals surface area contributed by atoms with E-state index in [0.29, 0.717) is 26.9 Å². The molecule has 0 saturated heterocycles. The third kappa shape index (κ3) is 3.80. The van der Waals surface area contributed by atoms with E-state index < -0.39 is 23.4 Å². The normalized spacial score (nSPS) is 13.9. The Morgan fingerprint density at radius 3 is 2.26 bits per heavy atom. The monoisotopic (exact) mass is 458 g/mol. The zero-order valence-corrected chi connectivity index (χ0v) is 17.6. The van der Waals surface area contributed by atoms with Gasteiger partial charge in [0.15, 0.2) is 11.6 Å². The molecule has 3 aromatic rings. The lowest BCUT2D eigenvalue weighted by atomic mass is 10.0. The molecule has 156 valence electrons. The summed E-state index contributed by atoms with van der Waals surface area (Å²) in [6, 6.07) is 14.4. The zero-order valence-electron chi connectivity index (χ0n) is 16.0. The molecule has 0 atom stereocenters. The van der Waals surface area contributed by atoms with E-state index in [4.69, 9.17) is 23.2 Å². The largest absolute Gasteiger partial charge is 0.350 e. The van der Waals surface area contributed by atoms with Gasteiger partial charge < -0.3 is 5.32 Å². The van der Waals surface area contributed by atoms with Crippen LogP contribution < -0.4 is 10.2 Å². The minimum Gasteiger partial charge on any atom is -0.350 e. The third-order valence-electron chi connectivity index (χ3n) is 4.89. The molecule has 8 heteroatoms. The Morgan fingerprint density at radius 2 is 1.58 bits per heavy atom. The highest BCUT2D eigenvalue weighted by atomic mass is 35.5. The van der Waals surface area contributed by atoms with E-state index in [0.717, 1.165) is 17.0 Å². The maximum atomic E-state index is 13.7. The Labute approximate surface area is 186 Å². The van der Waals surface area contributed by atoms with E-state index >= 15 is 0 Å². The number of hydrogen-bond donors (Lipinski definition) is 1. The molecule has 0 unspecified atom stereocenters. The van der Waals surface area contributed by atoms with Crippen LogP contribution in [0.2, 0.25) is 10.0 Å². The number of benzene rings is 3. The summed E-state index contributed by atoms with van der Waals surface area (Å²) in [6.07, 6.45) is 0. The lowest BCUT2D eigenvalue weighted by molar-refractivity contribution is -0.120. The first kappa shape index (κ1) is 21.0. The Morgan fingerprint density at radius 1 is 0.871 bits per heavy atom. The Balaban J connectivity index is 1.85. The Bertz CT molecular complexity index is 1260. The number of nitrogens with zero attached hydrogens (tertiary/aromatic N) is 1. The molecule has 1 aliphatic rings. The number of amides is 2. The molecule has 1 heterocycles. The summed E-state index contributed by atoms with van der Waals surface area (Å²) in [6.45, 7) is 1.70. The fraction of sp³-hybridized carbons (Fsp3) is 0.0435. The van der Waals surface area contributed by atoms with Crippen molar-refractivity contribution in [3.05, 3.63) is 99.2 Å². The van der Waals surface area contributed by atoms with E-state index in [1.54, 1.807) is 49.4 Å².